The van der Waals surface area contributed by atoms with Gasteiger partial charge in [-0.05, 0) is 52.7 Å². The maximum absolute atomic E-state index is 11.6. The SMILES string of the molecule is CC(CNC(=O)OC(C)(C)C)Nc1ccc(N2CCCC2)nc1. The Kier molecular flexibility index (Phi) is 5.69. The number of amides is 1. The summed E-state index contributed by atoms with van der Waals surface area (Å²) in [5.41, 5.74) is 0.474. The lowest BCUT2D eigenvalue weighted by Crippen LogP contribution is -2.38. The van der Waals surface area contributed by atoms with E-state index in [0.29, 0.717) is 6.54 Å². The normalized spacial score (nSPS) is 16.1. The predicted octanol–water partition coefficient (Wildman–Crippen LogP) is 3.01. The molecule has 1 aliphatic heterocycles. The molecule has 1 saturated heterocycles. The molecular weight excluding hydrogens is 292 g/mol. The third-order valence-corrected chi connectivity index (χ3v) is 3.54. The number of nitrogens with zero attached hydrogens (tertiary/aromatic N) is 2. The fourth-order valence-electron chi connectivity index (χ4n) is 2.49. The topological polar surface area (TPSA) is 66.5 Å². The fraction of sp³-hybridized carbons (Fsp3) is 0.647. The van der Waals surface area contributed by atoms with Crippen molar-refractivity contribution >= 4 is 17.6 Å². The molecule has 0 radical (unpaired) electrons. The molecule has 0 aliphatic carbocycles. The Morgan fingerprint density at radius 2 is 2.04 bits per heavy atom. The van der Waals surface area contributed by atoms with E-state index in [1.807, 2.05) is 46.0 Å². The molecule has 0 spiro atoms. The van der Waals surface area contributed by atoms with Crippen molar-refractivity contribution in [2.75, 3.05) is 29.9 Å². The van der Waals surface area contributed by atoms with Crippen LogP contribution in [0.2, 0.25) is 0 Å². The van der Waals surface area contributed by atoms with Gasteiger partial charge in [-0.1, -0.05) is 0 Å². The summed E-state index contributed by atoms with van der Waals surface area (Å²) in [6.07, 6.45) is 3.94. The third-order valence-electron chi connectivity index (χ3n) is 3.54. The number of pyridine rings is 1. The summed E-state index contributed by atoms with van der Waals surface area (Å²) in [6.45, 7) is 10.2. The molecule has 1 fully saturated rings. The number of alkyl carbamates (subject to hydrolysis) is 1. The highest BCUT2D eigenvalue weighted by Gasteiger charge is 2.16. The van der Waals surface area contributed by atoms with Gasteiger partial charge in [-0.25, -0.2) is 9.78 Å². The van der Waals surface area contributed by atoms with Crippen molar-refractivity contribution in [3.8, 4) is 0 Å². The van der Waals surface area contributed by atoms with Crippen molar-refractivity contribution in [2.45, 2.75) is 52.2 Å². The predicted molar refractivity (Wildman–Crippen MR) is 93.0 cm³/mol. The minimum absolute atomic E-state index is 0.0851. The van der Waals surface area contributed by atoms with Crippen LogP contribution in [-0.2, 0) is 4.74 Å². The molecule has 2 heterocycles. The van der Waals surface area contributed by atoms with Crippen molar-refractivity contribution in [1.82, 2.24) is 10.3 Å². The first-order chi connectivity index (χ1) is 10.8. The molecule has 6 nitrogen and oxygen atoms in total. The molecule has 0 saturated carbocycles. The van der Waals surface area contributed by atoms with Gasteiger partial charge in [0.1, 0.15) is 11.4 Å². The van der Waals surface area contributed by atoms with Gasteiger partial charge in [0.15, 0.2) is 0 Å². The second-order valence-corrected chi connectivity index (χ2v) is 7.03. The van der Waals surface area contributed by atoms with E-state index in [2.05, 4.69) is 20.5 Å². The highest BCUT2D eigenvalue weighted by Crippen LogP contribution is 2.19. The maximum Gasteiger partial charge on any atom is 0.407 e. The Hall–Kier alpha value is -1.98. The molecule has 1 amide bonds. The summed E-state index contributed by atoms with van der Waals surface area (Å²) in [6, 6.07) is 4.16. The van der Waals surface area contributed by atoms with Crippen LogP contribution in [0.3, 0.4) is 0 Å². The van der Waals surface area contributed by atoms with E-state index < -0.39 is 11.7 Å². The van der Waals surface area contributed by atoms with Crippen LogP contribution in [0.5, 0.6) is 0 Å². The zero-order valence-electron chi connectivity index (χ0n) is 14.6. The van der Waals surface area contributed by atoms with Gasteiger partial charge in [-0.2, -0.15) is 0 Å². The molecule has 1 aliphatic rings. The van der Waals surface area contributed by atoms with Gasteiger partial charge in [0, 0.05) is 25.7 Å². The minimum atomic E-state index is -0.476. The van der Waals surface area contributed by atoms with Crippen molar-refractivity contribution in [3.63, 3.8) is 0 Å². The molecule has 0 aromatic carbocycles. The molecule has 1 aromatic rings. The molecular formula is C17H28N4O2. The second kappa shape index (κ2) is 7.53. The zero-order valence-corrected chi connectivity index (χ0v) is 14.6. The third kappa shape index (κ3) is 5.96. The first kappa shape index (κ1) is 17.4. The smallest absolute Gasteiger partial charge is 0.407 e. The molecule has 2 rings (SSSR count). The van der Waals surface area contributed by atoms with Crippen molar-refractivity contribution in [3.05, 3.63) is 18.3 Å². The van der Waals surface area contributed by atoms with Gasteiger partial charge < -0.3 is 20.3 Å². The molecule has 128 valence electrons. The Bertz CT molecular complexity index is 504. The molecule has 1 atom stereocenters. The molecule has 0 bridgehead atoms. The number of hydrogen-bond acceptors (Lipinski definition) is 5. The number of hydrogen-bond donors (Lipinski definition) is 2. The van der Waals surface area contributed by atoms with Crippen LogP contribution in [0.25, 0.3) is 0 Å². The summed E-state index contributed by atoms with van der Waals surface area (Å²) < 4.78 is 5.22. The summed E-state index contributed by atoms with van der Waals surface area (Å²) in [5.74, 6) is 1.03. The van der Waals surface area contributed by atoms with E-state index in [0.717, 1.165) is 24.6 Å². The lowest BCUT2D eigenvalue weighted by molar-refractivity contribution is 0.0526. The van der Waals surface area contributed by atoms with E-state index in [1.54, 1.807) is 0 Å². The number of nitrogens with one attached hydrogen (secondary N) is 2. The van der Waals surface area contributed by atoms with E-state index in [1.165, 1.54) is 12.8 Å². The summed E-state index contributed by atoms with van der Waals surface area (Å²) in [5, 5.41) is 6.09. The fourth-order valence-corrected chi connectivity index (χ4v) is 2.49. The van der Waals surface area contributed by atoms with E-state index in [4.69, 9.17) is 4.74 Å². The van der Waals surface area contributed by atoms with Crippen molar-refractivity contribution < 1.29 is 9.53 Å². The highest BCUT2D eigenvalue weighted by molar-refractivity contribution is 5.67. The summed E-state index contributed by atoms with van der Waals surface area (Å²) >= 11 is 0. The highest BCUT2D eigenvalue weighted by atomic mass is 16.6. The van der Waals surface area contributed by atoms with Gasteiger partial charge in [-0.15, -0.1) is 0 Å². The van der Waals surface area contributed by atoms with Gasteiger partial charge in [-0.3, -0.25) is 0 Å². The van der Waals surface area contributed by atoms with E-state index in [9.17, 15) is 4.79 Å². The number of carbonyl (C=O) groups is 1. The Labute approximate surface area is 138 Å². The molecule has 23 heavy (non-hydrogen) atoms. The van der Waals surface area contributed by atoms with E-state index in [-0.39, 0.29) is 6.04 Å². The maximum atomic E-state index is 11.6. The average molecular weight is 320 g/mol. The van der Waals surface area contributed by atoms with Crippen LogP contribution < -0.4 is 15.5 Å². The summed E-state index contributed by atoms with van der Waals surface area (Å²) in [7, 11) is 0. The standard InChI is InChI=1S/C17H28N4O2/c1-13(11-19-16(22)23-17(2,3)4)20-14-7-8-15(18-12-14)21-9-5-6-10-21/h7-8,12-13,20H,5-6,9-11H2,1-4H3,(H,19,22). The molecule has 1 aromatic heterocycles. The average Bonchev–Trinajstić information content (AvgIpc) is 2.98. The number of ether oxygens (including phenoxy) is 1. The van der Waals surface area contributed by atoms with Gasteiger partial charge in [0.25, 0.3) is 0 Å². The number of aromatic nitrogens is 1. The van der Waals surface area contributed by atoms with Crippen LogP contribution in [0.15, 0.2) is 18.3 Å². The van der Waals surface area contributed by atoms with Crippen molar-refractivity contribution in [2.24, 2.45) is 0 Å². The first-order valence-electron chi connectivity index (χ1n) is 8.28. The first-order valence-corrected chi connectivity index (χ1v) is 8.28. The van der Waals surface area contributed by atoms with Crippen LogP contribution >= 0.6 is 0 Å². The van der Waals surface area contributed by atoms with Gasteiger partial charge in [0.05, 0.1) is 11.9 Å². The van der Waals surface area contributed by atoms with Gasteiger partial charge >= 0.3 is 6.09 Å². The second-order valence-electron chi connectivity index (χ2n) is 7.03. The van der Waals surface area contributed by atoms with Crippen LogP contribution in [-0.4, -0.2) is 42.4 Å². The molecule has 2 N–H and O–H groups in total. The van der Waals surface area contributed by atoms with Crippen LogP contribution in [0.1, 0.15) is 40.5 Å². The quantitative estimate of drug-likeness (QED) is 0.873. The number of carbonyl (C=O) groups excluding carboxylic acids is 1. The van der Waals surface area contributed by atoms with Crippen molar-refractivity contribution in [1.29, 1.82) is 0 Å². The largest absolute Gasteiger partial charge is 0.444 e. The Morgan fingerprint density at radius 1 is 1.35 bits per heavy atom. The monoisotopic (exact) mass is 320 g/mol. The Balaban J connectivity index is 1.76. The summed E-state index contributed by atoms with van der Waals surface area (Å²) in [4.78, 5) is 18.4. The lowest BCUT2D eigenvalue weighted by atomic mass is 10.2. The van der Waals surface area contributed by atoms with Crippen LogP contribution in [0, 0.1) is 0 Å². The zero-order chi connectivity index (χ0) is 16.9. The number of rotatable bonds is 5. The van der Waals surface area contributed by atoms with Gasteiger partial charge in [0.2, 0.25) is 0 Å². The number of anilines is 2. The Morgan fingerprint density at radius 3 is 2.61 bits per heavy atom. The molecule has 6 heteroatoms. The van der Waals surface area contributed by atoms with E-state index >= 15 is 0 Å². The molecule has 1 unspecified atom stereocenters. The minimum Gasteiger partial charge on any atom is -0.444 e. The van der Waals surface area contributed by atoms with Crippen LogP contribution in [0.4, 0.5) is 16.3 Å². The lowest BCUT2D eigenvalue weighted by Gasteiger charge is -2.21.